The normalized spacial score (nSPS) is 23.2. The van der Waals surface area contributed by atoms with Crippen LogP contribution < -0.4 is 4.74 Å². The lowest BCUT2D eigenvalue weighted by Crippen LogP contribution is -2.43. The lowest BCUT2D eigenvalue weighted by Gasteiger charge is -2.39. The van der Waals surface area contributed by atoms with E-state index in [1.165, 1.54) is 5.56 Å². The van der Waals surface area contributed by atoms with E-state index in [0.29, 0.717) is 11.7 Å². The fourth-order valence-electron chi connectivity index (χ4n) is 3.95. The van der Waals surface area contributed by atoms with Crippen molar-refractivity contribution in [1.29, 1.82) is 0 Å². The molecule has 25 heavy (non-hydrogen) atoms. The molecule has 2 saturated heterocycles. The van der Waals surface area contributed by atoms with Gasteiger partial charge in [-0.1, -0.05) is 17.3 Å². The molecule has 0 saturated carbocycles. The minimum Gasteiger partial charge on any atom is -0.497 e. The van der Waals surface area contributed by atoms with Gasteiger partial charge in [-0.25, -0.2) is 0 Å². The standard InChI is InChI=1S/C19H25N3O3/c1-14-20-18(25-21-14)17-6-7-19(24-17)8-10-22(11-9-19)13-15-4-3-5-16(12-15)23-2/h3-5,12,17H,6-11,13H2,1-2H3. The number of rotatable bonds is 4. The molecule has 2 aromatic rings. The van der Waals surface area contributed by atoms with Crippen LogP contribution in [0.3, 0.4) is 0 Å². The molecule has 0 bridgehead atoms. The quantitative estimate of drug-likeness (QED) is 0.849. The Balaban J connectivity index is 1.33. The van der Waals surface area contributed by atoms with Gasteiger partial charge in [0.1, 0.15) is 11.9 Å². The number of nitrogens with zero attached hydrogens (tertiary/aromatic N) is 3. The summed E-state index contributed by atoms with van der Waals surface area (Å²) in [6.45, 7) is 4.90. The van der Waals surface area contributed by atoms with E-state index < -0.39 is 0 Å². The maximum absolute atomic E-state index is 6.38. The second kappa shape index (κ2) is 6.77. The average Bonchev–Trinajstić information content (AvgIpc) is 3.24. The first kappa shape index (κ1) is 16.5. The predicted molar refractivity (Wildman–Crippen MR) is 92.3 cm³/mol. The Morgan fingerprint density at radius 1 is 1.28 bits per heavy atom. The van der Waals surface area contributed by atoms with Gasteiger partial charge in [-0.3, -0.25) is 4.90 Å². The Morgan fingerprint density at radius 3 is 2.84 bits per heavy atom. The summed E-state index contributed by atoms with van der Waals surface area (Å²) in [6, 6.07) is 8.31. The van der Waals surface area contributed by atoms with Crippen molar-refractivity contribution in [3.63, 3.8) is 0 Å². The third-order valence-electron chi connectivity index (χ3n) is 5.38. The highest BCUT2D eigenvalue weighted by molar-refractivity contribution is 5.28. The number of likely N-dealkylation sites (tertiary alicyclic amines) is 1. The molecule has 2 fully saturated rings. The molecular formula is C19H25N3O3. The minimum atomic E-state index is -0.0360. The molecule has 1 unspecified atom stereocenters. The highest BCUT2D eigenvalue weighted by Crippen LogP contribution is 2.44. The number of hydrogen-bond donors (Lipinski definition) is 0. The highest BCUT2D eigenvalue weighted by atomic mass is 16.5. The van der Waals surface area contributed by atoms with Gasteiger partial charge >= 0.3 is 0 Å². The summed E-state index contributed by atoms with van der Waals surface area (Å²) in [5.74, 6) is 2.23. The Hall–Kier alpha value is -1.92. The Morgan fingerprint density at radius 2 is 2.12 bits per heavy atom. The zero-order valence-electron chi connectivity index (χ0n) is 14.9. The molecule has 3 heterocycles. The van der Waals surface area contributed by atoms with Crippen LogP contribution in [0.25, 0.3) is 0 Å². The molecule has 0 radical (unpaired) electrons. The third kappa shape index (κ3) is 3.55. The molecule has 1 atom stereocenters. The zero-order chi connectivity index (χ0) is 17.3. The van der Waals surface area contributed by atoms with Gasteiger partial charge in [-0.15, -0.1) is 0 Å². The van der Waals surface area contributed by atoms with Gasteiger partial charge in [-0.05, 0) is 50.3 Å². The van der Waals surface area contributed by atoms with Crippen molar-refractivity contribution in [3.05, 3.63) is 41.5 Å². The van der Waals surface area contributed by atoms with Crippen LogP contribution in [-0.4, -0.2) is 40.8 Å². The Bertz CT molecular complexity index is 722. The second-order valence-electron chi connectivity index (χ2n) is 7.14. The molecule has 134 valence electrons. The van der Waals surface area contributed by atoms with E-state index in [-0.39, 0.29) is 11.7 Å². The Labute approximate surface area is 148 Å². The van der Waals surface area contributed by atoms with Crippen LogP contribution in [0.5, 0.6) is 5.75 Å². The first-order valence-electron chi connectivity index (χ1n) is 8.99. The summed E-state index contributed by atoms with van der Waals surface area (Å²) in [7, 11) is 1.71. The smallest absolute Gasteiger partial charge is 0.255 e. The van der Waals surface area contributed by atoms with Crippen LogP contribution >= 0.6 is 0 Å². The van der Waals surface area contributed by atoms with E-state index in [1.54, 1.807) is 7.11 Å². The largest absolute Gasteiger partial charge is 0.497 e. The number of piperidine rings is 1. The van der Waals surface area contributed by atoms with Crippen molar-refractivity contribution in [2.24, 2.45) is 0 Å². The number of hydrogen-bond acceptors (Lipinski definition) is 6. The first-order chi connectivity index (χ1) is 12.2. The second-order valence-corrected chi connectivity index (χ2v) is 7.14. The minimum absolute atomic E-state index is 0.0160. The van der Waals surface area contributed by atoms with Gasteiger partial charge in [0, 0.05) is 19.6 Å². The van der Waals surface area contributed by atoms with Crippen molar-refractivity contribution in [1.82, 2.24) is 15.0 Å². The SMILES string of the molecule is COc1cccc(CN2CCC3(CCC(c4nc(C)no4)O3)CC2)c1. The summed E-state index contributed by atoms with van der Waals surface area (Å²) >= 11 is 0. The number of aromatic nitrogens is 2. The van der Waals surface area contributed by atoms with Gasteiger partial charge in [0.05, 0.1) is 12.7 Å². The average molecular weight is 343 g/mol. The molecule has 2 aliphatic rings. The van der Waals surface area contributed by atoms with E-state index in [0.717, 1.165) is 51.1 Å². The number of aryl methyl sites for hydroxylation is 1. The topological polar surface area (TPSA) is 60.6 Å². The summed E-state index contributed by atoms with van der Waals surface area (Å²) in [5, 5.41) is 3.88. The zero-order valence-corrected chi connectivity index (χ0v) is 14.9. The molecule has 2 aliphatic heterocycles. The molecule has 0 amide bonds. The van der Waals surface area contributed by atoms with E-state index in [2.05, 4.69) is 33.2 Å². The number of ether oxygens (including phenoxy) is 2. The van der Waals surface area contributed by atoms with Gasteiger partial charge in [0.15, 0.2) is 5.82 Å². The molecular weight excluding hydrogens is 318 g/mol. The molecule has 1 aromatic carbocycles. The van der Waals surface area contributed by atoms with E-state index in [1.807, 2.05) is 13.0 Å². The van der Waals surface area contributed by atoms with Crippen molar-refractivity contribution < 1.29 is 14.0 Å². The van der Waals surface area contributed by atoms with E-state index in [4.69, 9.17) is 14.0 Å². The lowest BCUT2D eigenvalue weighted by atomic mass is 9.88. The summed E-state index contributed by atoms with van der Waals surface area (Å²) < 4.78 is 17.0. The van der Waals surface area contributed by atoms with Crippen LogP contribution in [-0.2, 0) is 11.3 Å². The molecule has 6 nitrogen and oxygen atoms in total. The molecule has 1 spiro atoms. The van der Waals surface area contributed by atoms with Crippen LogP contribution in [0.2, 0.25) is 0 Å². The molecule has 0 N–H and O–H groups in total. The Kier molecular flexibility index (Phi) is 4.48. The lowest BCUT2D eigenvalue weighted by molar-refractivity contribution is -0.0869. The van der Waals surface area contributed by atoms with Crippen LogP contribution in [0.1, 0.15) is 49.1 Å². The van der Waals surface area contributed by atoms with Crippen molar-refractivity contribution >= 4 is 0 Å². The maximum Gasteiger partial charge on any atom is 0.255 e. The van der Waals surface area contributed by atoms with Crippen LogP contribution in [0.15, 0.2) is 28.8 Å². The molecule has 4 rings (SSSR count). The van der Waals surface area contributed by atoms with Crippen molar-refractivity contribution in [3.8, 4) is 5.75 Å². The predicted octanol–water partition coefficient (Wildman–Crippen LogP) is 3.27. The summed E-state index contributed by atoms with van der Waals surface area (Å²) in [4.78, 5) is 6.83. The summed E-state index contributed by atoms with van der Waals surface area (Å²) in [5.41, 5.74) is 1.28. The molecule has 6 heteroatoms. The monoisotopic (exact) mass is 343 g/mol. The van der Waals surface area contributed by atoms with Gasteiger partial charge < -0.3 is 14.0 Å². The fourth-order valence-corrected chi connectivity index (χ4v) is 3.95. The van der Waals surface area contributed by atoms with Gasteiger partial charge in [0.2, 0.25) is 0 Å². The van der Waals surface area contributed by atoms with Crippen molar-refractivity contribution in [2.45, 2.75) is 50.9 Å². The van der Waals surface area contributed by atoms with Gasteiger partial charge in [-0.2, -0.15) is 4.98 Å². The van der Waals surface area contributed by atoms with Crippen LogP contribution in [0.4, 0.5) is 0 Å². The fraction of sp³-hybridized carbons (Fsp3) is 0.579. The third-order valence-corrected chi connectivity index (χ3v) is 5.38. The number of benzene rings is 1. The van der Waals surface area contributed by atoms with Gasteiger partial charge in [0.25, 0.3) is 5.89 Å². The molecule has 0 aliphatic carbocycles. The summed E-state index contributed by atoms with van der Waals surface area (Å²) in [6.07, 6.45) is 4.12. The van der Waals surface area contributed by atoms with E-state index >= 15 is 0 Å². The van der Waals surface area contributed by atoms with Crippen molar-refractivity contribution in [2.75, 3.05) is 20.2 Å². The van der Waals surface area contributed by atoms with Crippen LogP contribution in [0, 0.1) is 6.92 Å². The molecule has 1 aromatic heterocycles. The van der Waals surface area contributed by atoms with E-state index in [9.17, 15) is 0 Å². The number of methoxy groups -OCH3 is 1. The highest BCUT2D eigenvalue weighted by Gasteiger charge is 2.44. The first-order valence-corrected chi connectivity index (χ1v) is 8.99. The maximum atomic E-state index is 6.38.